The summed E-state index contributed by atoms with van der Waals surface area (Å²) >= 11 is 0. The van der Waals surface area contributed by atoms with Gasteiger partial charge in [0.1, 0.15) is 12.1 Å². The van der Waals surface area contributed by atoms with E-state index in [-0.39, 0.29) is 5.78 Å². The summed E-state index contributed by atoms with van der Waals surface area (Å²) in [4.78, 5) is 23.8. The van der Waals surface area contributed by atoms with Crippen molar-refractivity contribution in [3.8, 4) is 0 Å². The molecule has 0 radical (unpaired) electrons. The quantitative estimate of drug-likeness (QED) is 0.751. The van der Waals surface area contributed by atoms with Crippen LogP contribution in [0.3, 0.4) is 0 Å². The molecule has 2 fully saturated rings. The third kappa shape index (κ3) is 4.77. The standard InChI is InChI=1S/C24H34N4O/c1-16(2)19-5-7-20(8-6-19)28-13-18(14-28)11-21(29)12-25-24-22-10-17(3)4-9-23(22)26-15-27-24/h4,9-10,15-16,18-20H,5-8,11-14H2,1-3H3,(H,25,26,27). The predicted molar refractivity (Wildman–Crippen MR) is 118 cm³/mol. The molecule has 5 heteroatoms. The smallest absolute Gasteiger partial charge is 0.152 e. The molecular weight excluding hydrogens is 360 g/mol. The van der Waals surface area contributed by atoms with Crippen LogP contribution in [-0.2, 0) is 4.79 Å². The summed E-state index contributed by atoms with van der Waals surface area (Å²) in [5.41, 5.74) is 2.07. The first kappa shape index (κ1) is 20.3. The van der Waals surface area contributed by atoms with Crippen LogP contribution >= 0.6 is 0 Å². The highest BCUT2D eigenvalue weighted by atomic mass is 16.1. The second kappa shape index (κ2) is 8.78. The molecule has 2 aliphatic rings. The molecule has 1 aromatic carbocycles. The number of anilines is 1. The van der Waals surface area contributed by atoms with Crippen LogP contribution < -0.4 is 5.32 Å². The number of aromatic nitrogens is 2. The molecule has 1 aliphatic carbocycles. The second-order valence-electron chi connectivity index (χ2n) is 9.47. The molecule has 1 saturated carbocycles. The highest BCUT2D eigenvalue weighted by Crippen LogP contribution is 2.35. The molecule has 0 atom stereocenters. The molecule has 0 unspecified atom stereocenters. The van der Waals surface area contributed by atoms with Gasteiger partial charge < -0.3 is 5.32 Å². The Bertz CT molecular complexity index is 851. The number of fused-ring (bicyclic) bond motifs is 1. The number of hydrogen-bond acceptors (Lipinski definition) is 5. The minimum Gasteiger partial charge on any atom is -0.362 e. The first-order chi connectivity index (χ1) is 14.0. The Kier molecular flexibility index (Phi) is 6.14. The maximum absolute atomic E-state index is 12.5. The lowest BCUT2D eigenvalue weighted by Gasteiger charge is -2.47. The molecule has 1 aliphatic heterocycles. The summed E-state index contributed by atoms with van der Waals surface area (Å²) in [6.45, 7) is 9.30. The molecule has 2 aromatic rings. The van der Waals surface area contributed by atoms with E-state index in [0.717, 1.165) is 47.7 Å². The molecule has 0 bridgehead atoms. The van der Waals surface area contributed by atoms with E-state index in [9.17, 15) is 4.79 Å². The molecule has 156 valence electrons. The maximum Gasteiger partial charge on any atom is 0.152 e. The van der Waals surface area contributed by atoms with Crippen LogP contribution in [0.5, 0.6) is 0 Å². The number of nitrogens with one attached hydrogen (secondary N) is 1. The zero-order chi connectivity index (χ0) is 20.4. The van der Waals surface area contributed by atoms with Gasteiger partial charge in [0, 0.05) is 30.9 Å². The van der Waals surface area contributed by atoms with Gasteiger partial charge in [0.05, 0.1) is 12.1 Å². The molecule has 0 spiro atoms. The Labute approximate surface area is 174 Å². The summed E-state index contributed by atoms with van der Waals surface area (Å²) in [5, 5.41) is 4.22. The minimum atomic E-state index is 0.276. The molecule has 29 heavy (non-hydrogen) atoms. The summed E-state index contributed by atoms with van der Waals surface area (Å²) in [5.74, 6) is 3.29. The van der Waals surface area contributed by atoms with Crippen molar-refractivity contribution >= 4 is 22.5 Å². The maximum atomic E-state index is 12.5. The van der Waals surface area contributed by atoms with Gasteiger partial charge in [-0.1, -0.05) is 25.5 Å². The fraction of sp³-hybridized carbons (Fsp3) is 0.625. The molecule has 1 N–H and O–H groups in total. The van der Waals surface area contributed by atoms with Crippen molar-refractivity contribution < 1.29 is 4.79 Å². The summed E-state index contributed by atoms with van der Waals surface area (Å²) in [7, 11) is 0. The number of carbonyl (C=O) groups is 1. The number of aryl methyl sites for hydroxylation is 1. The number of nitrogens with zero attached hydrogens (tertiary/aromatic N) is 3. The number of ketones is 1. The van der Waals surface area contributed by atoms with Gasteiger partial charge >= 0.3 is 0 Å². The molecule has 1 aromatic heterocycles. The number of rotatable bonds is 7. The van der Waals surface area contributed by atoms with Gasteiger partial charge in [-0.25, -0.2) is 9.97 Å². The Balaban J connectivity index is 1.22. The zero-order valence-electron chi connectivity index (χ0n) is 18.0. The summed E-state index contributed by atoms with van der Waals surface area (Å²) < 4.78 is 0. The van der Waals surface area contributed by atoms with Crippen LogP contribution in [0.1, 0.15) is 51.5 Å². The van der Waals surface area contributed by atoms with E-state index in [4.69, 9.17) is 0 Å². The van der Waals surface area contributed by atoms with Crippen molar-refractivity contribution in [1.29, 1.82) is 0 Å². The van der Waals surface area contributed by atoms with E-state index in [1.165, 1.54) is 31.2 Å². The van der Waals surface area contributed by atoms with Crippen LogP contribution in [0.4, 0.5) is 5.82 Å². The number of hydrogen-bond donors (Lipinski definition) is 1. The van der Waals surface area contributed by atoms with E-state index in [2.05, 4.69) is 47.0 Å². The van der Waals surface area contributed by atoms with Gasteiger partial charge in [0.15, 0.2) is 5.78 Å². The lowest BCUT2D eigenvalue weighted by molar-refractivity contribution is -0.120. The summed E-state index contributed by atoms with van der Waals surface area (Å²) in [6, 6.07) is 6.86. The SMILES string of the molecule is Cc1ccc2ncnc(NCC(=O)CC3CN(C4CCC(C(C)C)CC4)C3)c2c1. The van der Waals surface area contributed by atoms with E-state index in [0.29, 0.717) is 18.9 Å². The van der Waals surface area contributed by atoms with Crippen LogP contribution in [0.2, 0.25) is 0 Å². The number of likely N-dealkylation sites (tertiary alicyclic amines) is 1. The third-order valence-corrected chi connectivity index (χ3v) is 6.95. The average Bonchev–Trinajstić information content (AvgIpc) is 2.69. The lowest BCUT2D eigenvalue weighted by atomic mass is 9.78. The van der Waals surface area contributed by atoms with Gasteiger partial charge in [0.2, 0.25) is 0 Å². The van der Waals surface area contributed by atoms with Gasteiger partial charge in [-0.15, -0.1) is 0 Å². The van der Waals surface area contributed by atoms with Crippen LogP contribution in [0.25, 0.3) is 10.9 Å². The Morgan fingerprint density at radius 1 is 1.17 bits per heavy atom. The van der Waals surface area contributed by atoms with Gasteiger partial charge in [-0.05, 0) is 62.5 Å². The monoisotopic (exact) mass is 394 g/mol. The largest absolute Gasteiger partial charge is 0.362 e. The first-order valence-corrected chi connectivity index (χ1v) is 11.2. The minimum absolute atomic E-state index is 0.276. The molecular formula is C24H34N4O. The van der Waals surface area contributed by atoms with Gasteiger partial charge in [0.25, 0.3) is 0 Å². The van der Waals surface area contributed by atoms with Crippen LogP contribution in [-0.4, -0.2) is 46.3 Å². The first-order valence-electron chi connectivity index (χ1n) is 11.2. The highest BCUT2D eigenvalue weighted by molar-refractivity contribution is 5.91. The van der Waals surface area contributed by atoms with Crippen molar-refractivity contribution in [3.63, 3.8) is 0 Å². The van der Waals surface area contributed by atoms with E-state index < -0.39 is 0 Å². The molecule has 5 nitrogen and oxygen atoms in total. The summed E-state index contributed by atoms with van der Waals surface area (Å²) in [6.07, 6.45) is 7.66. The van der Waals surface area contributed by atoms with E-state index in [1.807, 2.05) is 12.1 Å². The molecule has 0 amide bonds. The van der Waals surface area contributed by atoms with Crippen molar-refractivity contribution in [3.05, 3.63) is 30.1 Å². The predicted octanol–water partition coefficient (Wildman–Crippen LogP) is 4.46. The number of Topliss-reactive ketones (excluding diaryl/α,β-unsaturated/α-hetero) is 1. The Morgan fingerprint density at radius 2 is 1.93 bits per heavy atom. The topological polar surface area (TPSA) is 58.1 Å². The zero-order valence-corrected chi connectivity index (χ0v) is 18.0. The van der Waals surface area contributed by atoms with E-state index >= 15 is 0 Å². The molecule has 4 rings (SSSR count). The van der Waals surface area contributed by atoms with Gasteiger partial charge in [-0.3, -0.25) is 9.69 Å². The Morgan fingerprint density at radius 3 is 2.66 bits per heavy atom. The molecule has 2 heterocycles. The van der Waals surface area contributed by atoms with E-state index in [1.54, 1.807) is 6.33 Å². The van der Waals surface area contributed by atoms with Crippen LogP contribution in [0.15, 0.2) is 24.5 Å². The number of benzene rings is 1. The van der Waals surface area contributed by atoms with Crippen molar-refractivity contribution in [2.24, 2.45) is 17.8 Å². The van der Waals surface area contributed by atoms with Crippen molar-refractivity contribution in [2.45, 2.75) is 58.9 Å². The van der Waals surface area contributed by atoms with Crippen molar-refractivity contribution in [2.75, 3.05) is 25.0 Å². The van der Waals surface area contributed by atoms with Crippen LogP contribution in [0, 0.1) is 24.7 Å². The Hall–Kier alpha value is -2.01. The lowest BCUT2D eigenvalue weighted by Crippen LogP contribution is -2.53. The fourth-order valence-corrected chi connectivity index (χ4v) is 5.06. The number of carbonyl (C=O) groups excluding carboxylic acids is 1. The normalized spacial score (nSPS) is 23.3. The van der Waals surface area contributed by atoms with Crippen molar-refractivity contribution in [1.82, 2.24) is 14.9 Å². The van der Waals surface area contributed by atoms with Gasteiger partial charge in [-0.2, -0.15) is 0 Å². The highest BCUT2D eigenvalue weighted by Gasteiger charge is 2.35. The fourth-order valence-electron chi connectivity index (χ4n) is 5.06. The second-order valence-corrected chi connectivity index (χ2v) is 9.47. The third-order valence-electron chi connectivity index (χ3n) is 6.95. The average molecular weight is 395 g/mol. The molecule has 1 saturated heterocycles.